The van der Waals surface area contributed by atoms with Crippen LogP contribution in [0.5, 0.6) is 0 Å². The van der Waals surface area contributed by atoms with Gasteiger partial charge in [0.25, 0.3) is 0 Å². The Balaban J connectivity index is 2.99. The van der Waals surface area contributed by atoms with E-state index in [1.54, 1.807) is 19.6 Å². The van der Waals surface area contributed by atoms with E-state index in [4.69, 9.17) is 10.5 Å². The van der Waals surface area contributed by atoms with E-state index in [1.807, 2.05) is 13.8 Å². The molecule has 1 amide bonds. The highest BCUT2D eigenvalue weighted by molar-refractivity contribution is 5.78. The van der Waals surface area contributed by atoms with Gasteiger partial charge in [-0.1, -0.05) is 27.7 Å². The molecule has 1 rings (SSSR count). The van der Waals surface area contributed by atoms with E-state index in [1.165, 1.54) is 0 Å². The van der Waals surface area contributed by atoms with Crippen molar-refractivity contribution in [2.75, 3.05) is 98.3 Å². The van der Waals surface area contributed by atoms with Crippen LogP contribution in [0.3, 0.4) is 0 Å². The van der Waals surface area contributed by atoms with Crippen molar-refractivity contribution in [1.29, 1.82) is 0 Å². The number of carboxylic acids is 4. The van der Waals surface area contributed by atoms with Crippen LogP contribution in [0.4, 0.5) is 0 Å². The Morgan fingerprint density at radius 2 is 1.13 bits per heavy atom. The van der Waals surface area contributed by atoms with Crippen LogP contribution in [0.1, 0.15) is 53.4 Å². The summed E-state index contributed by atoms with van der Waals surface area (Å²) < 4.78 is 6.00. The Labute approximate surface area is 278 Å². The first-order valence-electron chi connectivity index (χ1n) is 16.4. The molecule has 3 unspecified atom stereocenters. The fraction of sp³-hybridized carbons (Fsp3) is 0.839. The molecule has 0 radical (unpaired) electrons. The van der Waals surface area contributed by atoms with Gasteiger partial charge in [-0.3, -0.25) is 43.6 Å². The van der Waals surface area contributed by atoms with Gasteiger partial charge in [0.05, 0.1) is 32.8 Å². The van der Waals surface area contributed by atoms with Crippen molar-refractivity contribution in [2.24, 2.45) is 16.6 Å². The molecule has 0 saturated carbocycles. The molecule has 1 aliphatic heterocycles. The second-order valence-corrected chi connectivity index (χ2v) is 13.2. The van der Waals surface area contributed by atoms with Gasteiger partial charge in [-0.2, -0.15) is 0 Å². The van der Waals surface area contributed by atoms with E-state index in [2.05, 4.69) is 19.2 Å². The number of nitrogens with one attached hydrogen (secondary N) is 1. The fourth-order valence-corrected chi connectivity index (χ4v) is 5.17. The van der Waals surface area contributed by atoms with Gasteiger partial charge in [0.15, 0.2) is 0 Å². The molecule has 16 heteroatoms. The molecule has 1 fully saturated rings. The zero-order chi connectivity index (χ0) is 35.6. The first kappa shape index (κ1) is 42.1. The highest BCUT2D eigenvalue weighted by Crippen LogP contribution is 2.24. The van der Waals surface area contributed by atoms with Crippen molar-refractivity contribution in [3.63, 3.8) is 0 Å². The fourth-order valence-electron chi connectivity index (χ4n) is 5.17. The Kier molecular flexibility index (Phi) is 19.0. The van der Waals surface area contributed by atoms with Crippen LogP contribution in [-0.2, 0) is 28.7 Å². The minimum absolute atomic E-state index is 0.00386. The third-order valence-corrected chi connectivity index (χ3v) is 9.13. The summed E-state index contributed by atoms with van der Waals surface area (Å²) in [6.07, 6.45) is 1.57. The first-order valence-corrected chi connectivity index (χ1v) is 16.4. The van der Waals surface area contributed by atoms with Crippen molar-refractivity contribution in [3.05, 3.63) is 0 Å². The van der Waals surface area contributed by atoms with Gasteiger partial charge in [0.1, 0.15) is 6.04 Å². The molecule has 0 aromatic rings. The van der Waals surface area contributed by atoms with Crippen molar-refractivity contribution in [3.8, 4) is 0 Å². The van der Waals surface area contributed by atoms with E-state index in [9.17, 15) is 44.4 Å². The van der Waals surface area contributed by atoms with Gasteiger partial charge in [0, 0.05) is 76.2 Å². The molecule has 1 heterocycles. The third kappa shape index (κ3) is 17.2. The zero-order valence-corrected chi connectivity index (χ0v) is 28.6. The summed E-state index contributed by atoms with van der Waals surface area (Å²) in [7, 11) is 0. The SMILES string of the molecule is CCC(C)(CN)COCC(C)(CC)CNC(=O)CCC(C(=O)O)N1CCN(CC(=O)O)CCN(CC(=O)O)CCN(CC(=O)O)CC1. The summed E-state index contributed by atoms with van der Waals surface area (Å²) in [6, 6.07) is -1.07. The molecular formula is C31H58N6O10. The van der Waals surface area contributed by atoms with Crippen LogP contribution >= 0.6 is 0 Å². The van der Waals surface area contributed by atoms with Crippen LogP contribution in [-0.4, -0.2) is 174 Å². The minimum Gasteiger partial charge on any atom is -0.480 e. The molecule has 1 aliphatic rings. The summed E-state index contributed by atoms with van der Waals surface area (Å²) >= 11 is 0. The third-order valence-electron chi connectivity index (χ3n) is 9.13. The van der Waals surface area contributed by atoms with Crippen molar-refractivity contribution >= 4 is 29.8 Å². The maximum absolute atomic E-state index is 12.9. The molecule has 7 N–H and O–H groups in total. The molecular weight excluding hydrogens is 616 g/mol. The topological polar surface area (TPSA) is 227 Å². The predicted octanol–water partition coefficient (Wildman–Crippen LogP) is -0.381. The largest absolute Gasteiger partial charge is 0.480 e. The molecule has 3 atom stereocenters. The number of carbonyl (C=O) groups excluding carboxylic acids is 1. The Morgan fingerprint density at radius 3 is 1.49 bits per heavy atom. The van der Waals surface area contributed by atoms with Crippen LogP contribution < -0.4 is 11.1 Å². The molecule has 0 aromatic carbocycles. The number of ether oxygens (including phenoxy) is 1. The average Bonchev–Trinajstić information content (AvgIpc) is 2.99. The van der Waals surface area contributed by atoms with Crippen LogP contribution in [0.2, 0.25) is 0 Å². The number of hydrogen-bond acceptors (Lipinski definition) is 11. The van der Waals surface area contributed by atoms with Gasteiger partial charge in [0.2, 0.25) is 5.91 Å². The Morgan fingerprint density at radius 1 is 0.723 bits per heavy atom. The lowest BCUT2D eigenvalue weighted by Gasteiger charge is -2.35. The van der Waals surface area contributed by atoms with Crippen molar-refractivity contribution in [2.45, 2.75) is 59.4 Å². The predicted molar refractivity (Wildman–Crippen MR) is 174 cm³/mol. The van der Waals surface area contributed by atoms with Gasteiger partial charge < -0.3 is 36.2 Å². The number of amides is 1. The summed E-state index contributed by atoms with van der Waals surface area (Å²) in [4.78, 5) is 66.4. The molecule has 1 saturated heterocycles. The summed E-state index contributed by atoms with van der Waals surface area (Å²) in [5.41, 5.74) is 5.44. The van der Waals surface area contributed by atoms with E-state index < -0.39 is 29.9 Å². The lowest BCUT2D eigenvalue weighted by Crippen LogP contribution is -2.52. The number of hydrogen-bond donors (Lipinski definition) is 6. The van der Waals surface area contributed by atoms with Crippen LogP contribution in [0.15, 0.2) is 0 Å². The Bertz CT molecular complexity index is 981. The molecule has 47 heavy (non-hydrogen) atoms. The van der Waals surface area contributed by atoms with Crippen molar-refractivity contribution < 1.29 is 49.1 Å². The summed E-state index contributed by atoms with van der Waals surface area (Å²) in [5, 5.41) is 41.3. The van der Waals surface area contributed by atoms with Crippen molar-refractivity contribution in [1.82, 2.24) is 24.9 Å². The quantitative estimate of drug-likeness (QED) is 0.0968. The van der Waals surface area contributed by atoms with Gasteiger partial charge >= 0.3 is 23.9 Å². The summed E-state index contributed by atoms with van der Waals surface area (Å²) in [5.74, 6) is -4.64. The molecule has 16 nitrogen and oxygen atoms in total. The average molecular weight is 675 g/mol. The molecule has 0 aromatic heterocycles. The Hall–Kier alpha value is -2.89. The number of nitrogens with zero attached hydrogens (tertiary/aromatic N) is 4. The van der Waals surface area contributed by atoms with Gasteiger partial charge in [-0.05, 0) is 25.8 Å². The number of carboxylic acid groups (broad SMARTS) is 4. The van der Waals surface area contributed by atoms with Crippen LogP contribution in [0.25, 0.3) is 0 Å². The highest BCUT2D eigenvalue weighted by atomic mass is 16.5. The minimum atomic E-state index is -1.14. The maximum atomic E-state index is 12.9. The maximum Gasteiger partial charge on any atom is 0.320 e. The monoisotopic (exact) mass is 674 g/mol. The summed E-state index contributed by atoms with van der Waals surface area (Å²) in [6.45, 7) is 10.6. The van der Waals surface area contributed by atoms with Crippen LogP contribution in [0, 0.1) is 10.8 Å². The van der Waals surface area contributed by atoms with E-state index in [0.717, 1.165) is 12.8 Å². The van der Waals surface area contributed by atoms with E-state index in [0.29, 0.717) is 26.3 Å². The molecule has 0 bridgehead atoms. The van der Waals surface area contributed by atoms with E-state index >= 15 is 0 Å². The second kappa shape index (κ2) is 21.2. The smallest absolute Gasteiger partial charge is 0.320 e. The number of rotatable bonds is 20. The number of aliphatic carboxylic acids is 4. The standard InChI is InChI=1S/C31H58N6O10/c1-5-30(3,20-32)22-47-23-31(4,6-2)21-33-25(38)8-7-24(29(45)46)37-15-13-35(18-27(41)42)11-9-34(17-26(39)40)10-12-36(14-16-37)19-28(43)44/h24H,5-23,32H2,1-4H3,(H,33,38)(H,39,40)(H,41,42)(H,43,44)(H,45,46). The van der Waals surface area contributed by atoms with Gasteiger partial charge in [-0.25, -0.2) is 0 Å². The zero-order valence-electron chi connectivity index (χ0n) is 28.6. The molecule has 272 valence electrons. The second-order valence-electron chi connectivity index (χ2n) is 13.2. The molecule has 0 spiro atoms. The number of carbonyl (C=O) groups is 5. The lowest BCUT2D eigenvalue weighted by molar-refractivity contribution is -0.145. The first-order chi connectivity index (χ1) is 22.0. The van der Waals surface area contributed by atoms with E-state index in [-0.39, 0.29) is 102 Å². The molecule has 0 aliphatic carbocycles. The lowest BCUT2D eigenvalue weighted by atomic mass is 9.87. The highest BCUT2D eigenvalue weighted by Gasteiger charge is 2.30. The normalized spacial score (nSPS) is 19.8. The number of nitrogens with two attached hydrogens (primary N) is 1. The van der Waals surface area contributed by atoms with Gasteiger partial charge in [-0.15, -0.1) is 0 Å².